The first-order valence-electron chi connectivity index (χ1n) is 10.5. The molecule has 1 aromatic carbocycles. The molecule has 32 heavy (non-hydrogen) atoms. The predicted octanol–water partition coefficient (Wildman–Crippen LogP) is 4.07. The second-order valence-corrected chi connectivity index (χ2v) is 8.98. The smallest absolute Gasteiger partial charge is 0.228 e. The van der Waals surface area contributed by atoms with Crippen molar-refractivity contribution in [3.8, 4) is 5.75 Å². The zero-order valence-electron chi connectivity index (χ0n) is 17.5. The molecule has 9 heteroatoms. The molecule has 4 rings (SSSR count). The lowest BCUT2D eigenvalue weighted by Crippen LogP contribution is -2.43. The van der Waals surface area contributed by atoms with E-state index >= 15 is 0 Å². The standard InChI is InChI=1S/C23H24ClN3O4S/c24-17-3-5-19(6-4-17)31-14-21-26-18(15-32-21)12-22(28)27-9-7-16(8-10-27)23(29)25-13-20-2-1-11-30-20/h1-6,11,15-16H,7-10,12-14H2,(H,25,29). The molecular weight excluding hydrogens is 450 g/mol. The van der Waals surface area contributed by atoms with Gasteiger partial charge in [0.15, 0.2) is 0 Å². The topological polar surface area (TPSA) is 84.7 Å². The molecule has 2 amide bonds. The van der Waals surface area contributed by atoms with Gasteiger partial charge in [-0.25, -0.2) is 4.98 Å². The Balaban J connectivity index is 1.19. The van der Waals surface area contributed by atoms with Crippen LogP contribution in [-0.4, -0.2) is 34.8 Å². The number of piperidine rings is 1. The first-order chi connectivity index (χ1) is 15.6. The van der Waals surface area contributed by atoms with Crippen molar-refractivity contribution >= 4 is 34.8 Å². The van der Waals surface area contributed by atoms with Crippen molar-refractivity contribution in [2.24, 2.45) is 5.92 Å². The van der Waals surface area contributed by atoms with Gasteiger partial charge in [0.1, 0.15) is 23.1 Å². The van der Waals surface area contributed by atoms with E-state index < -0.39 is 0 Å². The van der Waals surface area contributed by atoms with E-state index in [0.717, 1.165) is 22.2 Å². The van der Waals surface area contributed by atoms with E-state index in [-0.39, 0.29) is 24.2 Å². The monoisotopic (exact) mass is 473 g/mol. The number of aromatic nitrogens is 1. The second-order valence-electron chi connectivity index (χ2n) is 7.60. The van der Waals surface area contributed by atoms with Crippen molar-refractivity contribution in [3.05, 3.63) is 69.5 Å². The van der Waals surface area contributed by atoms with Crippen LogP contribution in [-0.2, 0) is 29.2 Å². The van der Waals surface area contributed by atoms with Crippen LogP contribution in [0.3, 0.4) is 0 Å². The van der Waals surface area contributed by atoms with Crippen LogP contribution in [0.5, 0.6) is 5.75 Å². The van der Waals surface area contributed by atoms with Crippen molar-refractivity contribution in [3.63, 3.8) is 0 Å². The van der Waals surface area contributed by atoms with Gasteiger partial charge in [0.05, 0.1) is 24.9 Å². The van der Waals surface area contributed by atoms with Crippen molar-refractivity contribution in [2.75, 3.05) is 13.1 Å². The molecule has 0 radical (unpaired) electrons. The molecule has 1 aliphatic rings. The Bertz CT molecular complexity index is 1030. The fourth-order valence-electron chi connectivity index (χ4n) is 3.56. The Morgan fingerprint density at radius 3 is 2.72 bits per heavy atom. The lowest BCUT2D eigenvalue weighted by molar-refractivity contribution is -0.135. The highest BCUT2D eigenvalue weighted by Crippen LogP contribution is 2.21. The van der Waals surface area contributed by atoms with Gasteiger partial charge in [0.25, 0.3) is 0 Å². The summed E-state index contributed by atoms with van der Waals surface area (Å²) >= 11 is 7.35. The lowest BCUT2D eigenvalue weighted by atomic mass is 9.95. The van der Waals surface area contributed by atoms with E-state index in [2.05, 4.69) is 10.3 Å². The van der Waals surface area contributed by atoms with E-state index in [1.807, 2.05) is 16.3 Å². The third-order valence-corrected chi connectivity index (χ3v) is 6.47. The van der Waals surface area contributed by atoms with Crippen LogP contribution in [0.4, 0.5) is 0 Å². The van der Waals surface area contributed by atoms with Crippen LogP contribution < -0.4 is 10.1 Å². The normalized spacial score (nSPS) is 14.3. The third kappa shape index (κ3) is 6.11. The number of halogens is 1. The van der Waals surface area contributed by atoms with Gasteiger partial charge in [-0.15, -0.1) is 11.3 Å². The molecule has 1 saturated heterocycles. The summed E-state index contributed by atoms with van der Waals surface area (Å²) in [6.07, 6.45) is 3.16. The average Bonchev–Trinajstić information content (AvgIpc) is 3.49. The summed E-state index contributed by atoms with van der Waals surface area (Å²) in [4.78, 5) is 31.4. The SMILES string of the molecule is O=C(NCc1ccco1)C1CCN(C(=O)Cc2csc(COc3ccc(Cl)cc3)n2)CC1. The van der Waals surface area contributed by atoms with Crippen LogP contribution in [0, 0.1) is 5.92 Å². The first-order valence-corrected chi connectivity index (χ1v) is 11.7. The summed E-state index contributed by atoms with van der Waals surface area (Å²) < 4.78 is 10.9. The van der Waals surface area contributed by atoms with Gasteiger partial charge in [-0.3, -0.25) is 9.59 Å². The lowest BCUT2D eigenvalue weighted by Gasteiger charge is -2.31. The van der Waals surface area contributed by atoms with E-state index in [0.29, 0.717) is 44.1 Å². The zero-order chi connectivity index (χ0) is 22.3. The average molecular weight is 474 g/mol. The van der Waals surface area contributed by atoms with Gasteiger partial charge < -0.3 is 19.4 Å². The minimum atomic E-state index is -0.0788. The zero-order valence-corrected chi connectivity index (χ0v) is 19.0. The van der Waals surface area contributed by atoms with Gasteiger partial charge in [-0.05, 0) is 49.2 Å². The number of nitrogens with zero attached hydrogens (tertiary/aromatic N) is 2. The quantitative estimate of drug-likeness (QED) is 0.533. The summed E-state index contributed by atoms with van der Waals surface area (Å²) in [5.74, 6) is 1.42. The Morgan fingerprint density at radius 1 is 1.22 bits per heavy atom. The van der Waals surface area contributed by atoms with Gasteiger partial charge >= 0.3 is 0 Å². The number of nitrogens with one attached hydrogen (secondary N) is 1. The molecule has 7 nitrogen and oxygen atoms in total. The number of hydrogen-bond acceptors (Lipinski definition) is 6. The molecule has 1 N–H and O–H groups in total. The molecule has 0 spiro atoms. The molecule has 3 heterocycles. The number of likely N-dealkylation sites (tertiary alicyclic amines) is 1. The van der Waals surface area contributed by atoms with Gasteiger partial charge in [-0.2, -0.15) is 0 Å². The number of ether oxygens (including phenoxy) is 1. The molecular formula is C23H24ClN3O4S. The van der Waals surface area contributed by atoms with Crippen LogP contribution in [0.2, 0.25) is 5.02 Å². The summed E-state index contributed by atoms with van der Waals surface area (Å²) in [7, 11) is 0. The fraction of sp³-hybridized carbons (Fsp3) is 0.348. The number of carbonyl (C=O) groups excluding carboxylic acids is 2. The van der Waals surface area contributed by atoms with Crippen LogP contribution >= 0.6 is 22.9 Å². The number of hydrogen-bond donors (Lipinski definition) is 1. The van der Waals surface area contributed by atoms with E-state index in [1.54, 1.807) is 36.6 Å². The number of thiazole rings is 1. The van der Waals surface area contributed by atoms with Gasteiger partial charge in [-0.1, -0.05) is 11.6 Å². The molecule has 0 bridgehead atoms. The molecule has 0 unspecified atom stereocenters. The van der Waals surface area contributed by atoms with Crippen LogP contribution in [0.25, 0.3) is 0 Å². The second kappa shape index (κ2) is 10.7. The maximum absolute atomic E-state index is 12.7. The van der Waals surface area contributed by atoms with E-state index in [1.165, 1.54) is 11.3 Å². The minimum absolute atomic E-state index is 0.0123. The fourth-order valence-corrected chi connectivity index (χ4v) is 4.39. The molecule has 0 saturated carbocycles. The van der Waals surface area contributed by atoms with Crippen molar-refractivity contribution in [1.82, 2.24) is 15.2 Å². The number of benzene rings is 1. The highest BCUT2D eigenvalue weighted by Gasteiger charge is 2.27. The molecule has 1 fully saturated rings. The molecule has 1 aliphatic heterocycles. The molecule has 3 aromatic rings. The summed E-state index contributed by atoms with van der Waals surface area (Å²) in [6.45, 7) is 1.89. The summed E-state index contributed by atoms with van der Waals surface area (Å²) in [5.41, 5.74) is 0.744. The van der Waals surface area contributed by atoms with E-state index in [4.69, 9.17) is 20.8 Å². The largest absolute Gasteiger partial charge is 0.486 e. The maximum Gasteiger partial charge on any atom is 0.228 e. The van der Waals surface area contributed by atoms with E-state index in [9.17, 15) is 9.59 Å². The molecule has 0 atom stereocenters. The van der Waals surface area contributed by atoms with Gasteiger partial charge in [0, 0.05) is 29.4 Å². The van der Waals surface area contributed by atoms with Gasteiger partial charge in [0.2, 0.25) is 11.8 Å². The minimum Gasteiger partial charge on any atom is -0.486 e. The van der Waals surface area contributed by atoms with Crippen molar-refractivity contribution < 1.29 is 18.7 Å². The number of furan rings is 1. The highest BCUT2D eigenvalue weighted by molar-refractivity contribution is 7.09. The number of carbonyl (C=O) groups is 2. The molecule has 2 aromatic heterocycles. The predicted molar refractivity (Wildman–Crippen MR) is 121 cm³/mol. The Morgan fingerprint density at radius 2 is 2.00 bits per heavy atom. The first kappa shape index (κ1) is 22.4. The highest BCUT2D eigenvalue weighted by atomic mass is 35.5. The Hall–Kier alpha value is -2.84. The summed E-state index contributed by atoms with van der Waals surface area (Å²) in [6, 6.07) is 10.8. The van der Waals surface area contributed by atoms with Crippen molar-refractivity contribution in [1.29, 1.82) is 0 Å². The third-order valence-electron chi connectivity index (χ3n) is 5.34. The number of rotatable bonds is 8. The molecule has 0 aliphatic carbocycles. The van der Waals surface area contributed by atoms with Crippen molar-refractivity contribution in [2.45, 2.75) is 32.4 Å². The van der Waals surface area contributed by atoms with Crippen LogP contribution in [0.15, 0.2) is 52.5 Å². The molecule has 168 valence electrons. The Kier molecular flexibility index (Phi) is 7.44. The van der Waals surface area contributed by atoms with Crippen LogP contribution in [0.1, 0.15) is 29.3 Å². The number of amides is 2. The Labute approximate surface area is 195 Å². The summed E-state index contributed by atoms with van der Waals surface area (Å²) in [5, 5.41) is 6.27. The maximum atomic E-state index is 12.7.